The maximum atomic E-state index is 6.66. The predicted molar refractivity (Wildman–Crippen MR) is 202 cm³/mol. The van der Waals surface area contributed by atoms with Crippen molar-refractivity contribution in [2.45, 2.75) is 12.8 Å². The van der Waals surface area contributed by atoms with E-state index in [4.69, 9.17) is 4.42 Å². The molecule has 9 aromatic rings. The second-order valence-electron chi connectivity index (χ2n) is 12.4. The molecule has 3 heteroatoms. The van der Waals surface area contributed by atoms with E-state index in [1.54, 1.807) is 0 Å². The van der Waals surface area contributed by atoms with E-state index in [0.717, 1.165) is 57.2 Å². The second kappa shape index (κ2) is 10.4. The Morgan fingerprint density at radius 1 is 0.574 bits per heavy atom. The number of furan rings is 1. The van der Waals surface area contributed by atoms with Crippen molar-refractivity contribution in [3.05, 3.63) is 156 Å². The van der Waals surface area contributed by atoms with Crippen LogP contribution >= 0.6 is 11.3 Å². The van der Waals surface area contributed by atoms with Crippen LogP contribution in [0.4, 0.5) is 17.1 Å². The van der Waals surface area contributed by atoms with Crippen molar-refractivity contribution in [1.82, 2.24) is 0 Å². The molecule has 0 spiro atoms. The molecule has 0 atom stereocenters. The molecule has 0 saturated carbocycles. The van der Waals surface area contributed by atoms with Gasteiger partial charge in [0.1, 0.15) is 11.2 Å². The van der Waals surface area contributed by atoms with E-state index in [1.165, 1.54) is 47.8 Å². The largest absolute Gasteiger partial charge is 0.455 e. The molecular formula is C44H29NOS. The first-order valence-corrected chi connectivity index (χ1v) is 17.1. The molecule has 0 bridgehead atoms. The zero-order chi connectivity index (χ0) is 30.9. The number of hydrogen-bond acceptors (Lipinski definition) is 3. The first-order valence-electron chi connectivity index (χ1n) is 16.2. The molecule has 0 amide bonds. The third kappa shape index (κ3) is 4.17. The summed E-state index contributed by atoms with van der Waals surface area (Å²) in [5.74, 6) is 0. The molecule has 0 fully saturated rings. The summed E-state index contributed by atoms with van der Waals surface area (Å²) in [6, 6.07) is 50.6. The summed E-state index contributed by atoms with van der Waals surface area (Å²) in [5, 5.41) is 8.36. The molecule has 2 aromatic heterocycles. The minimum Gasteiger partial charge on any atom is -0.455 e. The predicted octanol–water partition coefficient (Wildman–Crippen LogP) is 13.2. The number of aryl methyl sites for hydroxylation is 1. The summed E-state index contributed by atoms with van der Waals surface area (Å²) in [6.07, 6.45) is 6.83. The average molecular weight is 620 g/mol. The van der Waals surface area contributed by atoms with Gasteiger partial charge < -0.3 is 9.32 Å². The van der Waals surface area contributed by atoms with Gasteiger partial charge in [-0.1, -0.05) is 97.1 Å². The van der Waals surface area contributed by atoms with Gasteiger partial charge in [0.05, 0.1) is 16.8 Å². The Morgan fingerprint density at radius 3 is 2.28 bits per heavy atom. The molecule has 10 rings (SSSR count). The second-order valence-corrected chi connectivity index (χ2v) is 13.5. The van der Waals surface area contributed by atoms with E-state index in [-0.39, 0.29) is 0 Å². The molecule has 1 aliphatic carbocycles. The number of allylic oxidation sites excluding steroid dienone is 1. The molecule has 47 heavy (non-hydrogen) atoms. The molecule has 7 aromatic carbocycles. The van der Waals surface area contributed by atoms with Gasteiger partial charge in [-0.05, 0) is 100 Å². The van der Waals surface area contributed by atoms with Gasteiger partial charge in [-0.2, -0.15) is 0 Å². The van der Waals surface area contributed by atoms with Gasteiger partial charge in [0, 0.05) is 31.4 Å². The van der Waals surface area contributed by atoms with Crippen LogP contribution in [-0.2, 0) is 6.42 Å². The fraction of sp³-hybridized carbons (Fsp3) is 0.0455. The lowest BCUT2D eigenvalue weighted by atomic mass is 9.97. The van der Waals surface area contributed by atoms with Crippen molar-refractivity contribution in [3.63, 3.8) is 0 Å². The number of nitrogens with zero attached hydrogens (tertiary/aromatic N) is 1. The SMILES string of the molecule is C1=Cc2sc3ccc(-c4cccc(N(c5cccc6ccccc56)c5cccc6oc7c8ccccc8ccc7c56)c4)cc3c2CC1. The maximum Gasteiger partial charge on any atom is 0.143 e. The molecule has 0 unspecified atom stereocenters. The molecule has 0 radical (unpaired) electrons. The summed E-state index contributed by atoms with van der Waals surface area (Å²) in [7, 11) is 0. The lowest BCUT2D eigenvalue weighted by Crippen LogP contribution is -2.11. The number of anilines is 3. The van der Waals surface area contributed by atoms with Crippen molar-refractivity contribution < 1.29 is 4.42 Å². The van der Waals surface area contributed by atoms with Gasteiger partial charge >= 0.3 is 0 Å². The molecule has 0 N–H and O–H groups in total. The first-order chi connectivity index (χ1) is 23.3. The maximum absolute atomic E-state index is 6.66. The van der Waals surface area contributed by atoms with Crippen LogP contribution in [-0.4, -0.2) is 0 Å². The fourth-order valence-corrected chi connectivity index (χ4v) is 8.68. The van der Waals surface area contributed by atoms with E-state index >= 15 is 0 Å². The van der Waals surface area contributed by atoms with Crippen LogP contribution < -0.4 is 4.90 Å². The lowest BCUT2D eigenvalue weighted by molar-refractivity contribution is 0.672. The average Bonchev–Trinajstić information content (AvgIpc) is 3.71. The summed E-state index contributed by atoms with van der Waals surface area (Å²) in [6.45, 7) is 0. The van der Waals surface area contributed by atoms with Gasteiger partial charge in [-0.25, -0.2) is 0 Å². The van der Waals surface area contributed by atoms with Crippen LogP contribution in [0.5, 0.6) is 0 Å². The molecule has 2 nitrogen and oxygen atoms in total. The fourth-order valence-electron chi connectivity index (χ4n) is 7.51. The van der Waals surface area contributed by atoms with Gasteiger partial charge in [-0.15, -0.1) is 11.3 Å². The Hall–Kier alpha value is -5.64. The summed E-state index contributed by atoms with van der Waals surface area (Å²) < 4.78 is 8.02. The Balaban J connectivity index is 1.22. The lowest BCUT2D eigenvalue weighted by Gasteiger charge is -2.28. The van der Waals surface area contributed by atoms with Crippen LogP contribution in [0.1, 0.15) is 16.9 Å². The van der Waals surface area contributed by atoms with Crippen LogP contribution in [0.2, 0.25) is 0 Å². The van der Waals surface area contributed by atoms with Crippen LogP contribution in [0.3, 0.4) is 0 Å². The van der Waals surface area contributed by atoms with Gasteiger partial charge in [0.2, 0.25) is 0 Å². The summed E-state index contributed by atoms with van der Waals surface area (Å²) >= 11 is 1.91. The topological polar surface area (TPSA) is 16.4 Å². The number of fused-ring (bicyclic) bond motifs is 9. The van der Waals surface area contributed by atoms with Crippen LogP contribution in [0.15, 0.2) is 150 Å². The van der Waals surface area contributed by atoms with Crippen molar-refractivity contribution in [2.24, 2.45) is 0 Å². The van der Waals surface area contributed by atoms with Crippen molar-refractivity contribution in [3.8, 4) is 11.1 Å². The number of thiophene rings is 1. The summed E-state index contributed by atoms with van der Waals surface area (Å²) in [5.41, 5.74) is 9.10. The highest BCUT2D eigenvalue weighted by molar-refractivity contribution is 7.20. The zero-order valence-corrected chi connectivity index (χ0v) is 26.4. The van der Waals surface area contributed by atoms with Crippen LogP contribution in [0, 0.1) is 0 Å². The van der Waals surface area contributed by atoms with Crippen molar-refractivity contribution >= 4 is 88.0 Å². The van der Waals surface area contributed by atoms with Crippen molar-refractivity contribution in [2.75, 3.05) is 4.90 Å². The van der Waals surface area contributed by atoms with E-state index < -0.39 is 0 Å². The highest BCUT2D eigenvalue weighted by Crippen LogP contribution is 2.47. The zero-order valence-electron chi connectivity index (χ0n) is 25.6. The Kier molecular flexibility index (Phi) is 5.91. The van der Waals surface area contributed by atoms with Crippen LogP contribution in [0.25, 0.3) is 70.8 Å². The van der Waals surface area contributed by atoms with Crippen molar-refractivity contribution in [1.29, 1.82) is 0 Å². The Bertz CT molecular complexity index is 2700. The molecule has 222 valence electrons. The van der Waals surface area contributed by atoms with Gasteiger partial charge in [-0.3, -0.25) is 0 Å². The normalized spacial score (nSPS) is 12.9. The van der Waals surface area contributed by atoms with E-state index in [9.17, 15) is 0 Å². The number of hydrogen-bond donors (Lipinski definition) is 0. The smallest absolute Gasteiger partial charge is 0.143 e. The highest BCUT2D eigenvalue weighted by atomic mass is 32.1. The standard InChI is InChI=1S/C44H29NOS/c1-3-15-33-28(10-1)12-8-18-38(33)45(39-19-9-20-40-43(39)36-24-22-29-11-2-4-16-34(29)44(36)46-40)32-14-7-13-30(26-32)31-23-25-42-37(27-31)35-17-5-6-21-41(35)47-42/h1-4,6-16,18-27H,5,17H2. The number of rotatable bonds is 4. The van der Waals surface area contributed by atoms with Gasteiger partial charge in [0.25, 0.3) is 0 Å². The molecule has 0 aliphatic heterocycles. The number of benzene rings is 7. The van der Waals surface area contributed by atoms with E-state index in [1.807, 2.05) is 11.3 Å². The monoisotopic (exact) mass is 619 g/mol. The van der Waals surface area contributed by atoms with E-state index in [2.05, 4.69) is 157 Å². The highest BCUT2D eigenvalue weighted by Gasteiger charge is 2.22. The Labute approximate surface area is 276 Å². The molecule has 0 saturated heterocycles. The quantitative estimate of drug-likeness (QED) is 0.195. The Morgan fingerprint density at radius 2 is 1.34 bits per heavy atom. The molecular weight excluding hydrogens is 591 g/mol. The first kappa shape index (κ1) is 26.6. The van der Waals surface area contributed by atoms with E-state index in [0.29, 0.717) is 0 Å². The third-order valence-corrected chi connectivity index (χ3v) is 10.9. The van der Waals surface area contributed by atoms with Gasteiger partial charge in [0.15, 0.2) is 0 Å². The molecule has 2 heterocycles. The third-order valence-electron chi connectivity index (χ3n) is 9.70. The molecule has 1 aliphatic rings. The summed E-state index contributed by atoms with van der Waals surface area (Å²) in [4.78, 5) is 3.83. The minimum atomic E-state index is 0.886. The minimum absolute atomic E-state index is 0.886.